The molecule has 0 bridgehead atoms. The summed E-state index contributed by atoms with van der Waals surface area (Å²) in [5.41, 5.74) is 5.49. The minimum atomic E-state index is -0.408. The molecule has 2 unspecified atom stereocenters. The van der Waals surface area contributed by atoms with Crippen molar-refractivity contribution in [2.45, 2.75) is 25.0 Å². The zero-order valence-electron chi connectivity index (χ0n) is 9.23. The normalized spacial score (nSPS) is 23.6. The number of nitrogens with two attached hydrogens (primary N) is 1. The molecule has 1 fully saturated rings. The second-order valence-electron chi connectivity index (χ2n) is 3.91. The Morgan fingerprint density at radius 3 is 3.00 bits per heavy atom. The van der Waals surface area contributed by atoms with Crippen LogP contribution in [0.5, 0.6) is 0 Å². The number of amides is 1. The Morgan fingerprint density at radius 1 is 1.59 bits per heavy atom. The Balaban J connectivity index is 1.91. The molecule has 1 amide bonds. The summed E-state index contributed by atoms with van der Waals surface area (Å²) in [6.07, 6.45) is 2.78. The van der Waals surface area contributed by atoms with E-state index in [9.17, 15) is 4.79 Å². The van der Waals surface area contributed by atoms with Crippen molar-refractivity contribution in [2.75, 3.05) is 11.9 Å². The van der Waals surface area contributed by atoms with Crippen LogP contribution in [0.25, 0.3) is 0 Å². The first kappa shape index (κ1) is 12.5. The van der Waals surface area contributed by atoms with Crippen molar-refractivity contribution in [3.05, 3.63) is 22.8 Å². The van der Waals surface area contributed by atoms with Gasteiger partial charge in [-0.15, -0.1) is 0 Å². The lowest BCUT2D eigenvalue weighted by Crippen LogP contribution is -2.30. The van der Waals surface area contributed by atoms with Gasteiger partial charge in [0, 0.05) is 17.2 Å². The molecule has 5 nitrogen and oxygen atoms in total. The smallest absolute Gasteiger partial charge is 0.254 e. The Morgan fingerprint density at radius 2 is 2.41 bits per heavy atom. The molecular weight excluding hydrogens is 286 g/mol. The molecule has 1 aromatic rings. The maximum absolute atomic E-state index is 11.8. The van der Waals surface area contributed by atoms with Crippen molar-refractivity contribution in [2.24, 2.45) is 5.73 Å². The maximum Gasteiger partial charge on any atom is 0.254 e. The topological polar surface area (TPSA) is 77.2 Å². The fraction of sp³-hybridized carbons (Fsp3) is 0.455. The fourth-order valence-corrected chi connectivity index (χ4v) is 1.96. The van der Waals surface area contributed by atoms with Crippen LogP contribution in [0.15, 0.2) is 22.8 Å². The lowest BCUT2D eigenvalue weighted by Gasteiger charge is -2.12. The average molecular weight is 300 g/mol. The molecule has 1 aromatic heterocycles. The van der Waals surface area contributed by atoms with Crippen LogP contribution in [0.4, 0.5) is 5.82 Å². The molecule has 1 aliphatic rings. The number of hydrogen-bond acceptors (Lipinski definition) is 4. The van der Waals surface area contributed by atoms with Gasteiger partial charge in [0.25, 0.3) is 5.91 Å². The van der Waals surface area contributed by atoms with E-state index in [1.54, 1.807) is 12.3 Å². The minimum absolute atomic E-state index is 0.00336. The monoisotopic (exact) mass is 299 g/mol. The lowest BCUT2D eigenvalue weighted by molar-refractivity contribution is -0.126. The highest BCUT2D eigenvalue weighted by Crippen LogP contribution is 2.20. The van der Waals surface area contributed by atoms with Crippen LogP contribution in [0.2, 0.25) is 0 Å². The van der Waals surface area contributed by atoms with E-state index in [0.717, 1.165) is 10.9 Å². The molecule has 3 N–H and O–H groups in total. The van der Waals surface area contributed by atoms with Crippen molar-refractivity contribution < 1.29 is 9.53 Å². The summed E-state index contributed by atoms with van der Waals surface area (Å²) in [4.78, 5) is 15.9. The number of rotatable bonds is 3. The molecule has 6 heteroatoms. The van der Waals surface area contributed by atoms with E-state index < -0.39 is 6.10 Å². The molecule has 2 heterocycles. The standard InChI is InChI=1S/C11H14BrN3O2/c12-7-1-4-10(14-6-7)15-11(16)9-3-2-8(5-13)17-9/h1,4,6,8-9H,2-3,5,13H2,(H,14,15,16). The predicted octanol–water partition coefficient (Wildman–Crippen LogP) is 1.29. The largest absolute Gasteiger partial charge is 0.364 e. The van der Waals surface area contributed by atoms with Crippen molar-refractivity contribution >= 4 is 27.7 Å². The highest BCUT2D eigenvalue weighted by molar-refractivity contribution is 9.10. The number of aromatic nitrogens is 1. The quantitative estimate of drug-likeness (QED) is 0.882. The van der Waals surface area contributed by atoms with Crippen LogP contribution in [-0.4, -0.2) is 29.6 Å². The van der Waals surface area contributed by atoms with E-state index in [2.05, 4.69) is 26.2 Å². The number of nitrogens with zero attached hydrogens (tertiary/aromatic N) is 1. The van der Waals surface area contributed by atoms with Gasteiger partial charge in [-0.1, -0.05) is 0 Å². The van der Waals surface area contributed by atoms with E-state index in [1.807, 2.05) is 6.07 Å². The summed E-state index contributed by atoms with van der Waals surface area (Å²) in [5, 5.41) is 2.72. The SMILES string of the molecule is NCC1CCC(C(=O)Nc2ccc(Br)cn2)O1. The molecule has 2 atom stereocenters. The third-order valence-electron chi connectivity index (χ3n) is 2.64. The predicted molar refractivity (Wildman–Crippen MR) is 67.5 cm³/mol. The van der Waals surface area contributed by atoms with Crippen LogP contribution < -0.4 is 11.1 Å². The van der Waals surface area contributed by atoms with Crippen LogP contribution in [-0.2, 0) is 9.53 Å². The van der Waals surface area contributed by atoms with Gasteiger partial charge in [0.05, 0.1) is 6.10 Å². The van der Waals surface area contributed by atoms with Gasteiger partial charge in [0.2, 0.25) is 0 Å². The third-order valence-corrected chi connectivity index (χ3v) is 3.11. The molecule has 17 heavy (non-hydrogen) atoms. The Hall–Kier alpha value is -0.980. The van der Waals surface area contributed by atoms with E-state index in [0.29, 0.717) is 18.8 Å². The number of anilines is 1. The molecule has 2 rings (SSSR count). The van der Waals surface area contributed by atoms with Crippen molar-refractivity contribution in [1.29, 1.82) is 0 Å². The third kappa shape index (κ3) is 3.24. The van der Waals surface area contributed by atoms with Crippen LogP contribution in [0, 0.1) is 0 Å². The van der Waals surface area contributed by atoms with Gasteiger partial charge >= 0.3 is 0 Å². The Bertz CT molecular complexity index is 396. The van der Waals surface area contributed by atoms with Crippen molar-refractivity contribution in [3.8, 4) is 0 Å². The summed E-state index contributed by atoms with van der Waals surface area (Å²) < 4.78 is 6.37. The number of nitrogens with one attached hydrogen (secondary N) is 1. The molecule has 0 aliphatic carbocycles. The molecule has 1 aliphatic heterocycles. The first-order valence-corrected chi connectivity index (χ1v) is 6.26. The summed E-state index contributed by atoms with van der Waals surface area (Å²) in [5.74, 6) is 0.369. The van der Waals surface area contributed by atoms with E-state index in [1.165, 1.54) is 0 Å². The lowest BCUT2D eigenvalue weighted by atomic mass is 10.2. The number of ether oxygens (including phenoxy) is 1. The Kier molecular flexibility index (Phi) is 4.09. The molecular formula is C11H14BrN3O2. The number of halogens is 1. The molecule has 0 aromatic carbocycles. The van der Waals surface area contributed by atoms with Crippen LogP contribution in [0.3, 0.4) is 0 Å². The van der Waals surface area contributed by atoms with Gasteiger partial charge in [-0.2, -0.15) is 0 Å². The summed E-state index contributed by atoms with van der Waals surface area (Å²) in [7, 11) is 0. The highest BCUT2D eigenvalue weighted by Gasteiger charge is 2.29. The summed E-state index contributed by atoms with van der Waals surface area (Å²) >= 11 is 3.28. The van der Waals surface area contributed by atoms with Gasteiger partial charge in [-0.3, -0.25) is 4.79 Å². The molecule has 0 spiro atoms. The molecule has 1 saturated heterocycles. The average Bonchev–Trinajstić information content (AvgIpc) is 2.81. The first-order chi connectivity index (χ1) is 8.19. The van der Waals surface area contributed by atoms with Gasteiger partial charge in [-0.25, -0.2) is 4.98 Å². The number of carbonyl (C=O) groups excluding carboxylic acids is 1. The number of carbonyl (C=O) groups is 1. The summed E-state index contributed by atoms with van der Waals surface area (Å²) in [6, 6.07) is 3.55. The molecule has 0 saturated carbocycles. The Labute approximate surface area is 108 Å². The van der Waals surface area contributed by atoms with Gasteiger partial charge in [0.1, 0.15) is 11.9 Å². The summed E-state index contributed by atoms with van der Waals surface area (Å²) in [6.45, 7) is 0.459. The van der Waals surface area contributed by atoms with Gasteiger partial charge in [-0.05, 0) is 40.9 Å². The highest BCUT2D eigenvalue weighted by atomic mass is 79.9. The van der Waals surface area contributed by atoms with E-state index in [4.69, 9.17) is 10.5 Å². The van der Waals surface area contributed by atoms with E-state index in [-0.39, 0.29) is 12.0 Å². The second kappa shape index (κ2) is 5.57. The molecule has 0 radical (unpaired) electrons. The fourth-order valence-electron chi connectivity index (χ4n) is 1.73. The maximum atomic E-state index is 11.8. The number of hydrogen-bond donors (Lipinski definition) is 2. The second-order valence-corrected chi connectivity index (χ2v) is 4.83. The van der Waals surface area contributed by atoms with Crippen LogP contribution >= 0.6 is 15.9 Å². The zero-order chi connectivity index (χ0) is 12.3. The van der Waals surface area contributed by atoms with Gasteiger partial charge in [0.15, 0.2) is 0 Å². The van der Waals surface area contributed by atoms with Crippen molar-refractivity contribution in [3.63, 3.8) is 0 Å². The van der Waals surface area contributed by atoms with Gasteiger partial charge < -0.3 is 15.8 Å². The molecule has 92 valence electrons. The first-order valence-electron chi connectivity index (χ1n) is 5.47. The number of pyridine rings is 1. The minimum Gasteiger partial charge on any atom is -0.364 e. The van der Waals surface area contributed by atoms with Crippen molar-refractivity contribution in [1.82, 2.24) is 4.98 Å². The van der Waals surface area contributed by atoms with E-state index >= 15 is 0 Å². The zero-order valence-corrected chi connectivity index (χ0v) is 10.8. The van der Waals surface area contributed by atoms with Crippen LogP contribution in [0.1, 0.15) is 12.8 Å².